The molecule has 0 bridgehead atoms. The molecule has 0 unspecified atom stereocenters. The zero-order valence-electron chi connectivity index (χ0n) is 32.9. The number of likely N-dealkylation sites (N-methyl/N-ethyl adjacent to an activating group) is 1. The Balaban J connectivity index is 1.23. The van der Waals surface area contributed by atoms with Crippen molar-refractivity contribution in [2.75, 3.05) is 45.7 Å². The van der Waals surface area contributed by atoms with Gasteiger partial charge in [0.15, 0.2) is 11.5 Å². The normalized spacial score (nSPS) is 14.9. The van der Waals surface area contributed by atoms with Gasteiger partial charge in [-0.3, -0.25) is 9.59 Å². The molecular formula is C45H49N5O6. The molecule has 2 aliphatic heterocycles. The van der Waals surface area contributed by atoms with Gasteiger partial charge in [0.2, 0.25) is 0 Å². The third-order valence-electron chi connectivity index (χ3n) is 11.0. The second kappa shape index (κ2) is 16.0. The highest BCUT2D eigenvalue weighted by atomic mass is 16.6. The summed E-state index contributed by atoms with van der Waals surface area (Å²) in [7, 11) is 7.56. The van der Waals surface area contributed by atoms with Gasteiger partial charge in [-0.2, -0.15) is 0 Å². The molecule has 4 aromatic carbocycles. The number of fused-ring (bicyclic) bond motifs is 2. The van der Waals surface area contributed by atoms with Crippen LogP contribution in [0, 0.1) is 6.92 Å². The molecule has 11 heteroatoms. The van der Waals surface area contributed by atoms with Crippen molar-refractivity contribution in [3.05, 3.63) is 130 Å². The Morgan fingerprint density at radius 1 is 0.821 bits per heavy atom. The second-order valence-corrected chi connectivity index (χ2v) is 15.0. The van der Waals surface area contributed by atoms with Crippen molar-refractivity contribution in [2.24, 2.45) is 7.05 Å². The molecule has 0 fully saturated rings. The lowest BCUT2D eigenvalue weighted by Gasteiger charge is -2.36. The predicted octanol–water partition coefficient (Wildman–Crippen LogP) is 7.07. The van der Waals surface area contributed by atoms with E-state index in [0.717, 1.165) is 40.1 Å². The van der Waals surface area contributed by atoms with Crippen LogP contribution in [0.15, 0.2) is 91.0 Å². The van der Waals surface area contributed by atoms with E-state index in [1.807, 2.05) is 78.8 Å². The summed E-state index contributed by atoms with van der Waals surface area (Å²) in [5, 5.41) is 9.80. The first-order chi connectivity index (χ1) is 26.9. The lowest BCUT2D eigenvalue weighted by molar-refractivity contribution is 0.0658. The van der Waals surface area contributed by atoms with Crippen molar-refractivity contribution in [1.29, 1.82) is 0 Å². The fourth-order valence-electron chi connectivity index (χ4n) is 7.56. The molecule has 0 aliphatic carbocycles. The number of nitrogens with zero attached hydrogens (tertiary/aromatic N) is 5. The number of hydrogen-bond donors (Lipinski definition) is 1. The first-order valence-electron chi connectivity index (χ1n) is 19.0. The summed E-state index contributed by atoms with van der Waals surface area (Å²) in [5.74, 6) is 0.658. The molecule has 7 rings (SSSR count). The standard InChI is InChI=1S/C45H49N5O6/c1-29-23-31-11-7-8-12-33(31)28-50(29)44(53)39-25-34-27-49(45(54)56-42-14-10-9-13-41(42)55-22-21-46(3)4)20-19-32(34)24-38(39)40-26-37(30(2)47(40)5)43(52)48(6)35-15-17-36(51)18-16-35/h7-18,24-26,29,51H,19-23,27-28H2,1-6H3/t29-/m1/s1. The van der Waals surface area contributed by atoms with Gasteiger partial charge in [0.05, 0.1) is 5.56 Å². The Hall–Kier alpha value is -6.07. The van der Waals surface area contributed by atoms with Gasteiger partial charge in [-0.05, 0) is 118 Å². The molecule has 56 heavy (non-hydrogen) atoms. The van der Waals surface area contributed by atoms with Crippen LogP contribution in [0.4, 0.5) is 10.5 Å². The Kier molecular flexibility index (Phi) is 10.9. The summed E-state index contributed by atoms with van der Waals surface area (Å²) in [5.41, 5.74) is 8.16. The van der Waals surface area contributed by atoms with Crippen molar-refractivity contribution in [2.45, 2.75) is 45.8 Å². The molecule has 0 spiro atoms. The van der Waals surface area contributed by atoms with Crippen LogP contribution < -0.4 is 14.4 Å². The number of aromatic hydroxyl groups is 1. The molecule has 1 N–H and O–H groups in total. The third-order valence-corrected chi connectivity index (χ3v) is 11.0. The van der Waals surface area contributed by atoms with Gasteiger partial charge in [-0.15, -0.1) is 0 Å². The van der Waals surface area contributed by atoms with Crippen molar-refractivity contribution >= 4 is 23.6 Å². The average molecular weight is 756 g/mol. The highest BCUT2D eigenvalue weighted by Gasteiger charge is 2.33. The van der Waals surface area contributed by atoms with Crippen LogP contribution in [0.2, 0.25) is 0 Å². The van der Waals surface area contributed by atoms with Gasteiger partial charge < -0.3 is 38.7 Å². The maximum atomic E-state index is 14.9. The van der Waals surface area contributed by atoms with E-state index in [0.29, 0.717) is 61.0 Å². The first kappa shape index (κ1) is 38.2. The maximum Gasteiger partial charge on any atom is 0.415 e. The molecule has 2 aliphatic rings. The molecule has 3 heterocycles. The van der Waals surface area contributed by atoms with Crippen molar-refractivity contribution < 1.29 is 29.0 Å². The van der Waals surface area contributed by atoms with Gasteiger partial charge in [0.25, 0.3) is 11.8 Å². The van der Waals surface area contributed by atoms with Crippen molar-refractivity contribution in [1.82, 2.24) is 19.3 Å². The van der Waals surface area contributed by atoms with Gasteiger partial charge in [0, 0.05) is 74.5 Å². The van der Waals surface area contributed by atoms with E-state index in [1.54, 1.807) is 53.2 Å². The highest BCUT2D eigenvalue weighted by molar-refractivity contribution is 6.08. The highest BCUT2D eigenvalue weighted by Crippen LogP contribution is 2.36. The van der Waals surface area contributed by atoms with Gasteiger partial charge in [-0.25, -0.2) is 4.79 Å². The molecule has 290 valence electrons. The lowest BCUT2D eigenvalue weighted by Crippen LogP contribution is -2.43. The number of carbonyl (C=O) groups excluding carboxylic acids is 3. The fourth-order valence-corrected chi connectivity index (χ4v) is 7.56. The van der Waals surface area contributed by atoms with E-state index in [1.165, 1.54) is 5.56 Å². The zero-order chi connectivity index (χ0) is 39.7. The number of benzene rings is 4. The number of aromatic nitrogens is 1. The summed E-state index contributed by atoms with van der Waals surface area (Å²) in [4.78, 5) is 49.7. The minimum atomic E-state index is -0.489. The summed E-state index contributed by atoms with van der Waals surface area (Å²) in [6.07, 6.45) is 0.809. The largest absolute Gasteiger partial charge is 0.508 e. The summed E-state index contributed by atoms with van der Waals surface area (Å²) in [6, 6.07) is 27.7. The number of para-hydroxylation sites is 2. The topological polar surface area (TPSA) is 108 Å². The number of rotatable bonds is 9. The number of phenols is 1. The van der Waals surface area contributed by atoms with Crippen LogP contribution in [0.3, 0.4) is 0 Å². The second-order valence-electron chi connectivity index (χ2n) is 15.0. The van der Waals surface area contributed by atoms with Crippen molar-refractivity contribution in [3.63, 3.8) is 0 Å². The zero-order valence-corrected chi connectivity index (χ0v) is 32.9. The summed E-state index contributed by atoms with van der Waals surface area (Å²) >= 11 is 0. The Morgan fingerprint density at radius 3 is 2.25 bits per heavy atom. The van der Waals surface area contributed by atoms with E-state index in [4.69, 9.17) is 9.47 Å². The van der Waals surface area contributed by atoms with Crippen LogP contribution in [-0.2, 0) is 33.0 Å². The molecule has 1 aromatic heterocycles. The molecule has 1 atom stereocenters. The monoisotopic (exact) mass is 755 g/mol. The smallest absolute Gasteiger partial charge is 0.415 e. The fraction of sp³-hybridized carbons (Fsp3) is 0.311. The van der Waals surface area contributed by atoms with Gasteiger partial charge in [0.1, 0.15) is 12.4 Å². The number of anilines is 1. The maximum absolute atomic E-state index is 14.9. The van der Waals surface area contributed by atoms with E-state index in [-0.39, 0.29) is 30.2 Å². The lowest BCUT2D eigenvalue weighted by atomic mass is 9.90. The quantitative estimate of drug-likeness (QED) is 0.172. The van der Waals surface area contributed by atoms with Crippen LogP contribution >= 0.6 is 0 Å². The van der Waals surface area contributed by atoms with E-state index >= 15 is 0 Å². The molecule has 0 saturated heterocycles. The van der Waals surface area contributed by atoms with Crippen molar-refractivity contribution in [3.8, 4) is 28.5 Å². The molecule has 0 radical (unpaired) electrons. The van der Waals surface area contributed by atoms with E-state index < -0.39 is 6.09 Å². The van der Waals surface area contributed by atoms with E-state index in [9.17, 15) is 19.5 Å². The molecule has 0 saturated carbocycles. The SMILES string of the molecule is Cc1c(C(=O)N(C)c2ccc(O)cc2)cc(-c2cc3c(cc2C(=O)N2Cc4ccccc4C[C@H]2C)CN(C(=O)Oc2ccccc2OCCN(C)C)CC3)n1C. The molecule has 11 nitrogen and oxygen atoms in total. The minimum absolute atomic E-state index is 0.0426. The number of hydrogen-bond acceptors (Lipinski definition) is 7. The van der Waals surface area contributed by atoms with Crippen LogP contribution in [0.5, 0.6) is 17.2 Å². The molecular weight excluding hydrogens is 707 g/mol. The minimum Gasteiger partial charge on any atom is -0.508 e. The number of carbonyl (C=O) groups is 3. The van der Waals surface area contributed by atoms with Crippen LogP contribution in [0.1, 0.15) is 55.6 Å². The molecule has 5 aromatic rings. The molecule has 3 amide bonds. The Bertz CT molecular complexity index is 2280. The number of amides is 3. The van der Waals surface area contributed by atoms with Gasteiger partial charge >= 0.3 is 6.09 Å². The predicted molar refractivity (Wildman–Crippen MR) is 217 cm³/mol. The van der Waals surface area contributed by atoms with Gasteiger partial charge in [-0.1, -0.05) is 36.4 Å². The number of phenolic OH excluding ortho intramolecular Hbond substituents is 1. The average Bonchev–Trinajstić information content (AvgIpc) is 3.49. The Labute approximate surface area is 328 Å². The summed E-state index contributed by atoms with van der Waals surface area (Å²) in [6.45, 7) is 6.32. The van der Waals surface area contributed by atoms with Crippen LogP contribution in [-0.4, -0.2) is 89.2 Å². The Morgan fingerprint density at radius 2 is 1.52 bits per heavy atom. The first-order valence-corrected chi connectivity index (χ1v) is 19.0. The van der Waals surface area contributed by atoms with E-state index in [2.05, 4.69) is 25.1 Å². The van der Waals surface area contributed by atoms with Crippen LogP contribution in [0.25, 0.3) is 11.3 Å². The third kappa shape index (κ3) is 7.72. The summed E-state index contributed by atoms with van der Waals surface area (Å²) < 4.78 is 13.8. The number of ether oxygens (including phenoxy) is 2.